The summed E-state index contributed by atoms with van der Waals surface area (Å²) >= 11 is 3.43. The molecule has 0 fully saturated rings. The minimum Gasteiger partial charge on any atom is -0.467 e. The minimum absolute atomic E-state index is 0.253. The number of nitrogens with one attached hydrogen (secondary N) is 1. The van der Waals surface area contributed by atoms with Crippen LogP contribution in [-0.4, -0.2) is 30.0 Å². The first-order valence-corrected chi connectivity index (χ1v) is 7.44. The van der Waals surface area contributed by atoms with Gasteiger partial charge in [0, 0.05) is 17.1 Å². The lowest BCUT2D eigenvalue weighted by Crippen LogP contribution is -2.43. The topological polar surface area (TPSA) is 68.3 Å². The van der Waals surface area contributed by atoms with E-state index in [2.05, 4.69) is 26.2 Å². The fourth-order valence-electron chi connectivity index (χ4n) is 1.95. The van der Waals surface area contributed by atoms with Gasteiger partial charge in [0.25, 0.3) is 5.91 Å². The van der Waals surface area contributed by atoms with Gasteiger partial charge in [-0.3, -0.25) is 9.78 Å². The maximum Gasteiger partial charge on any atom is 0.328 e. The van der Waals surface area contributed by atoms with Crippen LogP contribution in [0.1, 0.15) is 16.1 Å². The van der Waals surface area contributed by atoms with Crippen LogP contribution in [0.2, 0.25) is 0 Å². The van der Waals surface area contributed by atoms with Crippen molar-refractivity contribution in [3.8, 4) is 0 Å². The third kappa shape index (κ3) is 4.14. The number of ether oxygens (including phenoxy) is 1. The average Bonchev–Trinajstić information content (AvgIpc) is 2.56. The third-order valence-electron chi connectivity index (χ3n) is 3.07. The average molecular weight is 363 g/mol. The van der Waals surface area contributed by atoms with Gasteiger partial charge in [-0.05, 0) is 23.8 Å². The van der Waals surface area contributed by atoms with E-state index >= 15 is 0 Å². The highest BCUT2D eigenvalue weighted by Gasteiger charge is 2.23. The Labute approximate surface area is 136 Å². The van der Waals surface area contributed by atoms with Crippen LogP contribution in [0.5, 0.6) is 0 Å². The molecule has 5 nitrogen and oxygen atoms in total. The number of carbonyl (C=O) groups is 2. The number of carbonyl (C=O) groups excluding carboxylic acids is 2. The molecule has 0 aliphatic rings. The number of amides is 1. The quantitative estimate of drug-likeness (QED) is 0.829. The molecule has 1 aromatic carbocycles. The van der Waals surface area contributed by atoms with Crippen LogP contribution in [0.4, 0.5) is 0 Å². The highest BCUT2D eigenvalue weighted by molar-refractivity contribution is 9.10. The zero-order valence-corrected chi connectivity index (χ0v) is 13.5. The Morgan fingerprint density at radius 2 is 1.95 bits per heavy atom. The van der Waals surface area contributed by atoms with Crippen LogP contribution < -0.4 is 5.32 Å². The monoisotopic (exact) mass is 362 g/mol. The van der Waals surface area contributed by atoms with E-state index in [9.17, 15) is 9.59 Å². The van der Waals surface area contributed by atoms with E-state index in [0.29, 0.717) is 6.42 Å². The fraction of sp³-hybridized carbons (Fsp3) is 0.188. The van der Waals surface area contributed by atoms with Crippen molar-refractivity contribution in [2.45, 2.75) is 12.5 Å². The van der Waals surface area contributed by atoms with Crippen LogP contribution in [0.3, 0.4) is 0 Å². The molecular formula is C16H15BrN2O3. The van der Waals surface area contributed by atoms with Gasteiger partial charge in [-0.15, -0.1) is 0 Å². The molecule has 0 unspecified atom stereocenters. The van der Waals surface area contributed by atoms with Gasteiger partial charge in [0.15, 0.2) is 0 Å². The Bertz CT molecular complexity index is 661. The molecule has 0 bridgehead atoms. The van der Waals surface area contributed by atoms with E-state index < -0.39 is 17.9 Å². The summed E-state index contributed by atoms with van der Waals surface area (Å²) in [5.74, 6) is -0.914. The summed E-state index contributed by atoms with van der Waals surface area (Å²) in [7, 11) is 1.29. The summed E-state index contributed by atoms with van der Waals surface area (Å²) in [5.41, 5.74) is 1.16. The number of hydrogen-bond acceptors (Lipinski definition) is 4. The highest BCUT2D eigenvalue weighted by atomic mass is 79.9. The van der Waals surface area contributed by atoms with Crippen LogP contribution in [0, 0.1) is 0 Å². The molecule has 0 saturated carbocycles. The zero-order chi connectivity index (χ0) is 15.9. The van der Waals surface area contributed by atoms with Crippen molar-refractivity contribution < 1.29 is 14.3 Å². The van der Waals surface area contributed by atoms with E-state index in [0.717, 1.165) is 10.0 Å². The lowest BCUT2D eigenvalue weighted by atomic mass is 10.1. The molecule has 1 N–H and O–H groups in total. The molecule has 0 radical (unpaired) electrons. The van der Waals surface area contributed by atoms with Crippen molar-refractivity contribution in [3.63, 3.8) is 0 Å². The highest BCUT2D eigenvalue weighted by Crippen LogP contribution is 2.18. The Balaban J connectivity index is 2.15. The number of methoxy groups -OCH3 is 1. The molecule has 0 aliphatic carbocycles. The van der Waals surface area contributed by atoms with Crippen molar-refractivity contribution >= 4 is 27.8 Å². The number of esters is 1. The molecule has 22 heavy (non-hydrogen) atoms. The van der Waals surface area contributed by atoms with Crippen molar-refractivity contribution in [2.24, 2.45) is 0 Å². The van der Waals surface area contributed by atoms with Crippen molar-refractivity contribution in [3.05, 3.63) is 64.4 Å². The molecule has 1 heterocycles. The Morgan fingerprint density at radius 1 is 1.23 bits per heavy atom. The van der Waals surface area contributed by atoms with E-state index in [1.807, 2.05) is 24.3 Å². The first kappa shape index (κ1) is 16.2. The molecule has 6 heteroatoms. The number of benzene rings is 1. The SMILES string of the molecule is COC(=O)[C@H](Cc1ccccc1Br)NC(=O)c1ccccn1. The zero-order valence-electron chi connectivity index (χ0n) is 12.0. The van der Waals surface area contributed by atoms with Crippen LogP contribution in [-0.2, 0) is 16.0 Å². The van der Waals surface area contributed by atoms with Gasteiger partial charge in [-0.25, -0.2) is 4.79 Å². The van der Waals surface area contributed by atoms with Crippen LogP contribution in [0.15, 0.2) is 53.1 Å². The number of pyridine rings is 1. The molecule has 0 saturated heterocycles. The molecule has 2 aromatic rings. The Hall–Kier alpha value is -2.21. The molecule has 1 amide bonds. The molecule has 0 aliphatic heterocycles. The molecule has 1 atom stereocenters. The maximum atomic E-state index is 12.2. The minimum atomic E-state index is -0.779. The van der Waals surface area contributed by atoms with E-state index in [4.69, 9.17) is 4.74 Å². The predicted molar refractivity (Wildman–Crippen MR) is 85.4 cm³/mol. The lowest BCUT2D eigenvalue weighted by molar-refractivity contribution is -0.142. The fourth-order valence-corrected chi connectivity index (χ4v) is 2.40. The normalized spacial score (nSPS) is 11.5. The van der Waals surface area contributed by atoms with Gasteiger partial charge in [0.1, 0.15) is 11.7 Å². The smallest absolute Gasteiger partial charge is 0.328 e. The van der Waals surface area contributed by atoms with Crippen LogP contribution in [0.25, 0.3) is 0 Å². The first-order valence-electron chi connectivity index (χ1n) is 6.65. The predicted octanol–water partition coefficient (Wildman–Crippen LogP) is 2.36. The van der Waals surface area contributed by atoms with E-state index in [1.54, 1.807) is 18.2 Å². The molecule has 0 spiro atoms. The number of aromatic nitrogens is 1. The standard InChI is InChI=1S/C16H15BrN2O3/c1-22-16(21)14(10-11-6-2-3-7-12(11)17)19-15(20)13-8-4-5-9-18-13/h2-9,14H,10H2,1H3,(H,19,20)/t14-/m0/s1. The van der Waals surface area contributed by atoms with Crippen molar-refractivity contribution in [1.82, 2.24) is 10.3 Å². The van der Waals surface area contributed by atoms with Gasteiger partial charge in [-0.1, -0.05) is 40.2 Å². The summed E-state index contributed by atoms with van der Waals surface area (Å²) in [6.45, 7) is 0. The number of rotatable bonds is 5. The second-order valence-corrected chi connectivity index (χ2v) is 5.41. The Kier molecular flexibility index (Phi) is 5.66. The molecule has 2 rings (SSSR count). The molecule has 1 aromatic heterocycles. The number of halogens is 1. The van der Waals surface area contributed by atoms with E-state index in [1.165, 1.54) is 13.3 Å². The summed E-state index contributed by atoms with van der Waals surface area (Å²) in [6.07, 6.45) is 1.85. The van der Waals surface area contributed by atoms with Gasteiger partial charge in [0.2, 0.25) is 0 Å². The van der Waals surface area contributed by atoms with Crippen LogP contribution >= 0.6 is 15.9 Å². The van der Waals surface area contributed by atoms with Crippen molar-refractivity contribution in [1.29, 1.82) is 0 Å². The van der Waals surface area contributed by atoms with E-state index in [-0.39, 0.29) is 5.69 Å². The summed E-state index contributed by atoms with van der Waals surface area (Å²) in [5, 5.41) is 2.66. The maximum absolute atomic E-state index is 12.2. The van der Waals surface area contributed by atoms with Gasteiger partial charge >= 0.3 is 5.97 Å². The number of hydrogen-bond donors (Lipinski definition) is 1. The molecule has 114 valence electrons. The summed E-state index contributed by atoms with van der Waals surface area (Å²) < 4.78 is 5.64. The van der Waals surface area contributed by atoms with Gasteiger partial charge < -0.3 is 10.1 Å². The summed E-state index contributed by atoms with van der Waals surface area (Å²) in [4.78, 5) is 28.0. The first-order chi connectivity index (χ1) is 10.6. The molecular weight excluding hydrogens is 348 g/mol. The summed E-state index contributed by atoms with van der Waals surface area (Å²) in [6, 6.07) is 11.7. The second-order valence-electron chi connectivity index (χ2n) is 4.56. The Morgan fingerprint density at radius 3 is 2.59 bits per heavy atom. The largest absolute Gasteiger partial charge is 0.467 e. The lowest BCUT2D eigenvalue weighted by Gasteiger charge is -2.17. The second kappa shape index (κ2) is 7.70. The van der Waals surface area contributed by atoms with Gasteiger partial charge in [0.05, 0.1) is 7.11 Å². The third-order valence-corrected chi connectivity index (χ3v) is 3.84. The van der Waals surface area contributed by atoms with Gasteiger partial charge in [-0.2, -0.15) is 0 Å². The van der Waals surface area contributed by atoms with Crippen molar-refractivity contribution in [2.75, 3.05) is 7.11 Å². The number of nitrogens with zero attached hydrogens (tertiary/aromatic N) is 1.